The Morgan fingerprint density at radius 2 is 1.50 bits per heavy atom. The number of hydrogen-bond acceptors (Lipinski definition) is 3. The second-order valence-corrected chi connectivity index (χ2v) is 6.84. The Hall–Kier alpha value is -2.44. The van der Waals surface area contributed by atoms with Crippen LogP contribution in [0.4, 0.5) is 5.69 Å². The first-order valence-corrected chi connectivity index (χ1v) is 9.09. The monoisotopic (exact) mass is 387 g/mol. The Balaban J connectivity index is 1.56. The second kappa shape index (κ2) is 8.29. The summed E-state index contributed by atoms with van der Waals surface area (Å²) in [7, 11) is 0. The van der Waals surface area contributed by atoms with Crippen LogP contribution in [0, 0.1) is 0 Å². The van der Waals surface area contributed by atoms with Crippen molar-refractivity contribution in [2.24, 2.45) is 0 Å². The summed E-state index contributed by atoms with van der Waals surface area (Å²) in [6, 6.07) is 13.6. The van der Waals surface area contributed by atoms with E-state index in [9.17, 15) is 9.59 Å². The van der Waals surface area contributed by atoms with Crippen molar-refractivity contribution in [1.29, 1.82) is 0 Å². The summed E-state index contributed by atoms with van der Waals surface area (Å²) in [4.78, 5) is 26.3. The number of anilines is 1. The molecule has 0 unspecified atom stereocenters. The number of hydrogen-bond donors (Lipinski definition) is 2. The van der Waals surface area contributed by atoms with Crippen molar-refractivity contribution < 1.29 is 9.59 Å². The van der Waals surface area contributed by atoms with Crippen LogP contribution in [0.25, 0.3) is 0 Å². The molecule has 0 radical (unpaired) electrons. The SMILES string of the molecule is O=C(NC(=S)Nc1ccc(C(=O)N2CCCC2)cc1)c1ccc(Cl)cc1. The fourth-order valence-electron chi connectivity index (χ4n) is 2.74. The summed E-state index contributed by atoms with van der Waals surface area (Å²) in [5.74, 6) is -0.271. The molecule has 0 saturated carbocycles. The van der Waals surface area contributed by atoms with Gasteiger partial charge in [-0.05, 0) is 73.6 Å². The van der Waals surface area contributed by atoms with Crippen molar-refractivity contribution in [3.63, 3.8) is 0 Å². The topological polar surface area (TPSA) is 61.4 Å². The first-order valence-electron chi connectivity index (χ1n) is 8.30. The minimum Gasteiger partial charge on any atom is -0.339 e. The summed E-state index contributed by atoms with van der Waals surface area (Å²) < 4.78 is 0. The van der Waals surface area contributed by atoms with E-state index in [0.717, 1.165) is 25.9 Å². The second-order valence-electron chi connectivity index (χ2n) is 5.99. The number of rotatable bonds is 3. The molecule has 7 heteroatoms. The van der Waals surface area contributed by atoms with Gasteiger partial charge >= 0.3 is 0 Å². The number of thiocarbonyl (C=S) groups is 1. The molecule has 1 heterocycles. The minimum absolute atomic E-state index is 0.0488. The Morgan fingerprint density at radius 3 is 2.12 bits per heavy atom. The molecule has 1 fully saturated rings. The fraction of sp³-hybridized carbons (Fsp3) is 0.211. The quantitative estimate of drug-likeness (QED) is 0.788. The summed E-state index contributed by atoms with van der Waals surface area (Å²) in [6.45, 7) is 1.64. The number of benzene rings is 2. The van der Waals surface area contributed by atoms with Crippen molar-refractivity contribution in [3.8, 4) is 0 Å². The van der Waals surface area contributed by atoms with E-state index in [-0.39, 0.29) is 16.9 Å². The molecule has 5 nitrogen and oxygen atoms in total. The van der Waals surface area contributed by atoms with Gasteiger partial charge in [-0.1, -0.05) is 11.6 Å². The van der Waals surface area contributed by atoms with Gasteiger partial charge < -0.3 is 10.2 Å². The number of carbonyl (C=O) groups excluding carboxylic acids is 2. The zero-order chi connectivity index (χ0) is 18.5. The molecule has 0 aliphatic carbocycles. The van der Waals surface area contributed by atoms with Crippen LogP contribution in [0.15, 0.2) is 48.5 Å². The molecule has 2 aromatic rings. The third-order valence-corrected chi connectivity index (χ3v) is 4.57. The van der Waals surface area contributed by atoms with Gasteiger partial charge in [0, 0.05) is 34.9 Å². The predicted molar refractivity (Wildman–Crippen MR) is 107 cm³/mol. The molecule has 134 valence electrons. The van der Waals surface area contributed by atoms with Crippen molar-refractivity contribution in [3.05, 3.63) is 64.7 Å². The summed E-state index contributed by atoms with van der Waals surface area (Å²) in [6.07, 6.45) is 2.12. The molecular weight excluding hydrogens is 370 g/mol. The number of halogens is 1. The van der Waals surface area contributed by atoms with E-state index in [0.29, 0.717) is 21.8 Å². The molecule has 1 aliphatic rings. The van der Waals surface area contributed by atoms with Crippen LogP contribution < -0.4 is 10.6 Å². The lowest BCUT2D eigenvalue weighted by atomic mass is 10.2. The van der Waals surface area contributed by atoms with Gasteiger partial charge in [-0.3, -0.25) is 14.9 Å². The first kappa shape index (κ1) is 18.4. The molecule has 0 spiro atoms. The lowest BCUT2D eigenvalue weighted by Gasteiger charge is -2.15. The van der Waals surface area contributed by atoms with Crippen molar-refractivity contribution in [1.82, 2.24) is 10.2 Å². The van der Waals surface area contributed by atoms with Crippen molar-refractivity contribution in [2.75, 3.05) is 18.4 Å². The van der Waals surface area contributed by atoms with Gasteiger partial charge in [0.25, 0.3) is 11.8 Å². The van der Waals surface area contributed by atoms with Gasteiger partial charge in [-0.2, -0.15) is 0 Å². The summed E-state index contributed by atoms with van der Waals surface area (Å²) in [5.41, 5.74) is 1.81. The van der Waals surface area contributed by atoms with Crippen LogP contribution in [-0.4, -0.2) is 34.9 Å². The first-order chi connectivity index (χ1) is 12.5. The highest BCUT2D eigenvalue weighted by Gasteiger charge is 2.19. The highest BCUT2D eigenvalue weighted by Crippen LogP contribution is 2.15. The predicted octanol–water partition coefficient (Wildman–Crippen LogP) is 3.70. The molecule has 2 amide bonds. The highest BCUT2D eigenvalue weighted by atomic mass is 35.5. The zero-order valence-corrected chi connectivity index (χ0v) is 15.6. The minimum atomic E-state index is -0.319. The van der Waals surface area contributed by atoms with Crippen LogP contribution in [0.1, 0.15) is 33.6 Å². The van der Waals surface area contributed by atoms with E-state index < -0.39 is 0 Å². The van der Waals surface area contributed by atoms with Crippen molar-refractivity contribution in [2.45, 2.75) is 12.8 Å². The Bertz CT molecular complexity index is 816. The normalized spacial score (nSPS) is 13.3. The number of likely N-dealkylation sites (tertiary alicyclic amines) is 1. The molecule has 0 atom stereocenters. The molecule has 0 bridgehead atoms. The van der Waals surface area contributed by atoms with Gasteiger partial charge in [0.1, 0.15) is 0 Å². The number of amides is 2. The molecule has 1 aliphatic heterocycles. The third kappa shape index (κ3) is 4.59. The van der Waals surface area contributed by atoms with Gasteiger partial charge in [0.15, 0.2) is 5.11 Å². The van der Waals surface area contributed by atoms with E-state index in [1.165, 1.54) is 0 Å². The van der Waals surface area contributed by atoms with Crippen molar-refractivity contribution >= 4 is 46.4 Å². The van der Waals surface area contributed by atoms with E-state index in [1.54, 1.807) is 48.5 Å². The standard InChI is InChI=1S/C19H18ClN3O2S/c20-15-7-3-13(4-8-15)17(24)22-19(26)21-16-9-5-14(6-10-16)18(25)23-11-1-2-12-23/h3-10H,1-2,11-12H2,(H2,21,22,24,26). The Labute approximate surface area is 162 Å². The zero-order valence-electron chi connectivity index (χ0n) is 14.0. The van der Waals surface area contributed by atoms with Crippen LogP contribution in [0.3, 0.4) is 0 Å². The molecule has 2 aromatic carbocycles. The Morgan fingerprint density at radius 1 is 0.923 bits per heavy atom. The van der Waals surface area contributed by atoms with E-state index in [1.807, 2.05) is 4.90 Å². The van der Waals surface area contributed by atoms with Crippen LogP contribution in [-0.2, 0) is 0 Å². The smallest absolute Gasteiger partial charge is 0.257 e. The molecule has 26 heavy (non-hydrogen) atoms. The van der Waals surface area contributed by atoms with Gasteiger partial charge in [0.05, 0.1) is 0 Å². The molecule has 3 rings (SSSR count). The van der Waals surface area contributed by atoms with Crippen LogP contribution >= 0.6 is 23.8 Å². The molecule has 2 N–H and O–H groups in total. The van der Waals surface area contributed by atoms with E-state index >= 15 is 0 Å². The summed E-state index contributed by atoms with van der Waals surface area (Å²) >= 11 is 11.0. The third-order valence-electron chi connectivity index (χ3n) is 4.12. The average molecular weight is 388 g/mol. The van der Waals surface area contributed by atoms with Gasteiger partial charge in [0.2, 0.25) is 0 Å². The van der Waals surface area contributed by atoms with Crippen LogP contribution in [0.2, 0.25) is 5.02 Å². The van der Waals surface area contributed by atoms with E-state index in [2.05, 4.69) is 10.6 Å². The lowest BCUT2D eigenvalue weighted by Crippen LogP contribution is -2.34. The maximum absolute atomic E-state index is 12.3. The largest absolute Gasteiger partial charge is 0.339 e. The Kier molecular flexibility index (Phi) is 5.85. The van der Waals surface area contributed by atoms with Gasteiger partial charge in [-0.15, -0.1) is 0 Å². The number of nitrogens with zero attached hydrogens (tertiary/aromatic N) is 1. The fourth-order valence-corrected chi connectivity index (χ4v) is 3.07. The maximum Gasteiger partial charge on any atom is 0.257 e. The molecule has 1 saturated heterocycles. The number of carbonyl (C=O) groups is 2. The van der Waals surface area contributed by atoms with Gasteiger partial charge in [-0.25, -0.2) is 0 Å². The average Bonchev–Trinajstić information content (AvgIpc) is 3.17. The number of nitrogens with one attached hydrogen (secondary N) is 2. The summed E-state index contributed by atoms with van der Waals surface area (Å²) in [5, 5.41) is 6.29. The molecule has 0 aromatic heterocycles. The molecular formula is C19H18ClN3O2S. The van der Waals surface area contributed by atoms with Crippen LogP contribution in [0.5, 0.6) is 0 Å². The van der Waals surface area contributed by atoms with E-state index in [4.69, 9.17) is 23.8 Å². The highest BCUT2D eigenvalue weighted by molar-refractivity contribution is 7.80. The maximum atomic E-state index is 12.3. The lowest BCUT2D eigenvalue weighted by molar-refractivity contribution is 0.0792.